The number of nitrogens with one attached hydrogen (secondary N) is 2. The Labute approximate surface area is 171 Å². The first-order chi connectivity index (χ1) is 14.3. The number of hydrogen-bond donors (Lipinski definition) is 2. The second-order valence-corrected chi connectivity index (χ2v) is 6.62. The first-order valence-electron chi connectivity index (χ1n) is 9.21. The highest BCUT2D eigenvalue weighted by Crippen LogP contribution is 2.23. The standard InChI is InChI=1S/C23H19F3N2O2/c24-23(25,26)21(29)13-14-27-20(15-16-7-2-1-3-8-16)22(30)28-19-12-6-10-17-9-4-5-11-18(17)19/h1-14,20,27H,15H2,(H,28,30)/b14-13+. The van der Waals surface area contributed by atoms with Gasteiger partial charge in [-0.15, -0.1) is 0 Å². The summed E-state index contributed by atoms with van der Waals surface area (Å²) < 4.78 is 37.2. The largest absolute Gasteiger partial charge is 0.454 e. The van der Waals surface area contributed by atoms with Crippen LogP contribution in [0.4, 0.5) is 18.9 Å². The Morgan fingerprint density at radius 1 is 0.900 bits per heavy atom. The summed E-state index contributed by atoms with van der Waals surface area (Å²) in [5.74, 6) is -2.43. The number of hydrogen-bond acceptors (Lipinski definition) is 3. The van der Waals surface area contributed by atoms with Gasteiger partial charge in [-0.1, -0.05) is 66.7 Å². The summed E-state index contributed by atoms with van der Waals surface area (Å²) in [5.41, 5.74) is 1.41. The van der Waals surface area contributed by atoms with Crippen molar-refractivity contribution in [3.05, 3.63) is 90.6 Å². The van der Waals surface area contributed by atoms with Crippen LogP contribution in [0, 0.1) is 0 Å². The molecular weight excluding hydrogens is 393 g/mol. The van der Waals surface area contributed by atoms with Crippen LogP contribution in [0.5, 0.6) is 0 Å². The van der Waals surface area contributed by atoms with Crippen molar-refractivity contribution < 1.29 is 22.8 Å². The molecule has 0 aliphatic carbocycles. The smallest absolute Gasteiger partial charge is 0.379 e. The van der Waals surface area contributed by atoms with E-state index in [-0.39, 0.29) is 6.42 Å². The highest BCUT2D eigenvalue weighted by molar-refractivity contribution is 6.04. The van der Waals surface area contributed by atoms with E-state index in [1.165, 1.54) is 0 Å². The number of carbonyl (C=O) groups excluding carboxylic acids is 2. The minimum atomic E-state index is -4.96. The number of amides is 1. The molecule has 0 bridgehead atoms. The highest BCUT2D eigenvalue weighted by Gasteiger charge is 2.36. The molecule has 0 fully saturated rings. The number of anilines is 1. The van der Waals surface area contributed by atoms with Gasteiger partial charge in [-0.2, -0.15) is 13.2 Å². The number of alkyl halides is 3. The number of carbonyl (C=O) groups is 2. The van der Waals surface area contributed by atoms with Gasteiger partial charge in [0.05, 0.1) is 0 Å². The van der Waals surface area contributed by atoms with Crippen molar-refractivity contribution >= 4 is 28.2 Å². The maximum Gasteiger partial charge on any atom is 0.454 e. The summed E-state index contributed by atoms with van der Waals surface area (Å²) in [6.07, 6.45) is -3.49. The maximum absolute atomic E-state index is 12.9. The lowest BCUT2D eigenvalue weighted by atomic mass is 10.0. The van der Waals surface area contributed by atoms with E-state index < -0.39 is 23.9 Å². The average Bonchev–Trinajstić information content (AvgIpc) is 2.73. The van der Waals surface area contributed by atoms with E-state index in [1.807, 2.05) is 48.5 Å². The van der Waals surface area contributed by atoms with E-state index in [0.717, 1.165) is 22.5 Å². The highest BCUT2D eigenvalue weighted by atomic mass is 19.4. The predicted molar refractivity (Wildman–Crippen MR) is 110 cm³/mol. The lowest BCUT2D eigenvalue weighted by molar-refractivity contribution is -0.165. The quantitative estimate of drug-likeness (QED) is 0.557. The Morgan fingerprint density at radius 3 is 2.30 bits per heavy atom. The molecule has 3 aromatic rings. The van der Waals surface area contributed by atoms with Crippen molar-refractivity contribution in [3.8, 4) is 0 Å². The molecule has 1 atom stereocenters. The van der Waals surface area contributed by atoms with Crippen LogP contribution in [0.2, 0.25) is 0 Å². The molecule has 0 radical (unpaired) electrons. The van der Waals surface area contributed by atoms with Gasteiger partial charge in [0, 0.05) is 29.8 Å². The molecule has 3 rings (SSSR count). The summed E-state index contributed by atoms with van der Waals surface area (Å²) in [6, 6.07) is 21.2. The zero-order chi connectivity index (χ0) is 21.6. The van der Waals surface area contributed by atoms with E-state index in [2.05, 4.69) is 10.6 Å². The van der Waals surface area contributed by atoms with Gasteiger partial charge >= 0.3 is 6.18 Å². The van der Waals surface area contributed by atoms with E-state index in [1.54, 1.807) is 24.3 Å². The minimum absolute atomic E-state index is 0.224. The first kappa shape index (κ1) is 21.1. The van der Waals surface area contributed by atoms with Crippen LogP contribution in [0.1, 0.15) is 5.56 Å². The topological polar surface area (TPSA) is 58.2 Å². The van der Waals surface area contributed by atoms with Gasteiger partial charge < -0.3 is 10.6 Å². The second-order valence-electron chi connectivity index (χ2n) is 6.62. The third-order valence-corrected chi connectivity index (χ3v) is 4.46. The Bertz CT molecular complexity index is 1060. The van der Waals surface area contributed by atoms with E-state index >= 15 is 0 Å². The Balaban J connectivity index is 1.80. The van der Waals surface area contributed by atoms with Crippen molar-refractivity contribution in [2.24, 2.45) is 0 Å². The Kier molecular flexibility index (Phi) is 6.51. The molecule has 2 N–H and O–H groups in total. The van der Waals surface area contributed by atoms with Crippen molar-refractivity contribution in [1.82, 2.24) is 5.32 Å². The van der Waals surface area contributed by atoms with E-state index in [9.17, 15) is 22.8 Å². The summed E-state index contributed by atoms with van der Waals surface area (Å²) in [5, 5.41) is 7.24. The molecule has 0 spiro atoms. The molecular formula is C23H19F3N2O2. The Hall–Kier alpha value is -3.61. The number of benzene rings is 3. The molecule has 0 aliphatic heterocycles. The molecule has 7 heteroatoms. The fourth-order valence-corrected chi connectivity index (χ4v) is 2.97. The fraction of sp³-hybridized carbons (Fsp3) is 0.130. The van der Waals surface area contributed by atoms with Crippen LogP contribution >= 0.6 is 0 Å². The first-order valence-corrected chi connectivity index (χ1v) is 9.21. The van der Waals surface area contributed by atoms with Crippen LogP contribution in [-0.4, -0.2) is 23.9 Å². The minimum Gasteiger partial charge on any atom is -0.379 e. The molecule has 0 aliphatic rings. The predicted octanol–water partition coefficient (Wildman–Crippen LogP) is 4.62. The lowest BCUT2D eigenvalue weighted by Gasteiger charge is -2.18. The number of allylic oxidation sites excluding steroid dienone is 1. The van der Waals surface area contributed by atoms with Gasteiger partial charge in [0.2, 0.25) is 5.91 Å². The van der Waals surface area contributed by atoms with Gasteiger partial charge in [-0.25, -0.2) is 0 Å². The van der Waals surface area contributed by atoms with Gasteiger partial charge in [-0.3, -0.25) is 9.59 Å². The zero-order valence-electron chi connectivity index (χ0n) is 15.8. The average molecular weight is 412 g/mol. The molecule has 154 valence electrons. The third-order valence-electron chi connectivity index (χ3n) is 4.46. The molecule has 1 unspecified atom stereocenters. The molecule has 0 aromatic heterocycles. The van der Waals surface area contributed by atoms with Crippen molar-refractivity contribution in [1.29, 1.82) is 0 Å². The number of halogens is 3. The van der Waals surface area contributed by atoms with Crippen LogP contribution in [0.25, 0.3) is 10.8 Å². The van der Waals surface area contributed by atoms with Crippen LogP contribution in [0.3, 0.4) is 0 Å². The van der Waals surface area contributed by atoms with Crippen LogP contribution < -0.4 is 10.6 Å². The van der Waals surface area contributed by atoms with Crippen molar-refractivity contribution in [2.75, 3.05) is 5.32 Å². The molecule has 0 saturated heterocycles. The number of ketones is 1. The monoisotopic (exact) mass is 412 g/mol. The summed E-state index contributed by atoms with van der Waals surface area (Å²) in [6.45, 7) is 0. The number of fused-ring (bicyclic) bond motifs is 1. The summed E-state index contributed by atoms with van der Waals surface area (Å²) in [7, 11) is 0. The zero-order valence-corrected chi connectivity index (χ0v) is 15.8. The van der Waals surface area contributed by atoms with Crippen molar-refractivity contribution in [2.45, 2.75) is 18.6 Å². The summed E-state index contributed by atoms with van der Waals surface area (Å²) in [4.78, 5) is 24.0. The normalized spacial score (nSPS) is 12.6. The molecule has 4 nitrogen and oxygen atoms in total. The molecule has 30 heavy (non-hydrogen) atoms. The van der Waals surface area contributed by atoms with Crippen LogP contribution in [-0.2, 0) is 16.0 Å². The van der Waals surface area contributed by atoms with Gasteiger partial charge in [0.15, 0.2) is 0 Å². The van der Waals surface area contributed by atoms with E-state index in [0.29, 0.717) is 11.8 Å². The van der Waals surface area contributed by atoms with E-state index in [4.69, 9.17) is 0 Å². The van der Waals surface area contributed by atoms with Gasteiger partial charge in [0.25, 0.3) is 5.78 Å². The Morgan fingerprint density at radius 2 is 1.57 bits per heavy atom. The van der Waals surface area contributed by atoms with Gasteiger partial charge in [0.1, 0.15) is 6.04 Å². The third kappa shape index (κ3) is 5.47. The molecule has 3 aromatic carbocycles. The maximum atomic E-state index is 12.9. The lowest BCUT2D eigenvalue weighted by Crippen LogP contribution is -2.40. The summed E-state index contributed by atoms with van der Waals surface area (Å²) >= 11 is 0. The molecule has 0 heterocycles. The SMILES string of the molecule is O=C(Nc1cccc2ccccc12)C(Cc1ccccc1)N/C=C/C(=O)C(F)(F)F. The molecule has 1 amide bonds. The fourth-order valence-electron chi connectivity index (χ4n) is 2.97. The second kappa shape index (κ2) is 9.26. The van der Waals surface area contributed by atoms with Gasteiger partial charge in [-0.05, 0) is 17.0 Å². The van der Waals surface area contributed by atoms with Crippen LogP contribution in [0.15, 0.2) is 85.1 Å². The van der Waals surface area contributed by atoms with Crippen molar-refractivity contribution in [3.63, 3.8) is 0 Å². The molecule has 0 saturated carbocycles. The number of rotatable bonds is 7.